The Kier molecular flexibility index (Phi) is 1.47. The van der Waals surface area contributed by atoms with Crippen molar-refractivity contribution >= 4 is 15.9 Å². The van der Waals surface area contributed by atoms with E-state index in [1.165, 1.54) is 0 Å². The van der Waals surface area contributed by atoms with Crippen molar-refractivity contribution in [3.05, 3.63) is 28.5 Å². The second-order valence-electron chi connectivity index (χ2n) is 2.22. The topological polar surface area (TPSA) is 25.4 Å². The lowest BCUT2D eigenvalue weighted by molar-refractivity contribution is 0.411. The van der Waals surface area contributed by atoms with Crippen LogP contribution in [0, 0.1) is 0 Å². The van der Waals surface area contributed by atoms with Gasteiger partial charge >= 0.3 is 0 Å². The van der Waals surface area contributed by atoms with Gasteiger partial charge in [0.1, 0.15) is 6.10 Å². The van der Waals surface area contributed by atoms with Gasteiger partial charge in [-0.25, -0.2) is 0 Å². The van der Waals surface area contributed by atoms with E-state index in [0.717, 1.165) is 16.8 Å². The molecule has 2 nitrogen and oxygen atoms in total. The molecule has 1 aromatic heterocycles. The molecule has 1 aliphatic heterocycles. The number of epoxide rings is 1. The van der Waals surface area contributed by atoms with E-state index in [1.807, 2.05) is 12.1 Å². The van der Waals surface area contributed by atoms with Gasteiger partial charge in [0.25, 0.3) is 0 Å². The molecule has 0 spiro atoms. The molecule has 1 atom stereocenters. The maximum absolute atomic E-state index is 5.06. The van der Waals surface area contributed by atoms with Crippen molar-refractivity contribution in [1.82, 2.24) is 4.98 Å². The van der Waals surface area contributed by atoms with Gasteiger partial charge in [-0.1, -0.05) is 0 Å². The number of pyridine rings is 1. The Morgan fingerprint density at radius 2 is 2.40 bits per heavy atom. The van der Waals surface area contributed by atoms with Crippen LogP contribution in [0.3, 0.4) is 0 Å². The van der Waals surface area contributed by atoms with E-state index in [0.29, 0.717) is 0 Å². The van der Waals surface area contributed by atoms with Gasteiger partial charge in [-0.15, -0.1) is 0 Å². The summed E-state index contributed by atoms with van der Waals surface area (Å²) in [6.45, 7) is 0.828. The zero-order chi connectivity index (χ0) is 6.97. The summed E-state index contributed by atoms with van der Waals surface area (Å²) >= 11 is 3.31. The Morgan fingerprint density at radius 3 is 2.90 bits per heavy atom. The molecular weight excluding hydrogens is 194 g/mol. The Balaban J connectivity index is 2.28. The van der Waals surface area contributed by atoms with E-state index >= 15 is 0 Å². The van der Waals surface area contributed by atoms with Crippen molar-refractivity contribution in [2.24, 2.45) is 0 Å². The standard InChI is InChI=1S/C7H6BrNO/c8-5-1-2-6(9-3-5)7-4-10-7/h1-3,7H,4H2/t7-/m0/s1. The lowest BCUT2D eigenvalue weighted by Crippen LogP contribution is -1.84. The van der Waals surface area contributed by atoms with E-state index in [4.69, 9.17) is 4.74 Å². The Morgan fingerprint density at radius 1 is 1.60 bits per heavy atom. The fraction of sp³-hybridized carbons (Fsp3) is 0.286. The number of nitrogens with zero attached hydrogens (tertiary/aromatic N) is 1. The lowest BCUT2D eigenvalue weighted by Gasteiger charge is -1.92. The van der Waals surface area contributed by atoms with Gasteiger partial charge in [-0.05, 0) is 28.1 Å². The van der Waals surface area contributed by atoms with Gasteiger partial charge in [-0.3, -0.25) is 4.98 Å². The maximum atomic E-state index is 5.06. The second kappa shape index (κ2) is 2.32. The number of hydrogen-bond donors (Lipinski definition) is 0. The van der Waals surface area contributed by atoms with Crippen LogP contribution in [0.5, 0.6) is 0 Å². The summed E-state index contributed by atoms with van der Waals surface area (Å²) in [5.41, 5.74) is 1.03. The van der Waals surface area contributed by atoms with E-state index in [9.17, 15) is 0 Å². The molecule has 10 heavy (non-hydrogen) atoms. The molecular formula is C7H6BrNO. The van der Waals surface area contributed by atoms with Crippen LogP contribution >= 0.6 is 15.9 Å². The molecule has 0 aromatic carbocycles. The van der Waals surface area contributed by atoms with Gasteiger partial charge < -0.3 is 4.74 Å². The van der Waals surface area contributed by atoms with Crippen molar-refractivity contribution in [3.63, 3.8) is 0 Å². The summed E-state index contributed by atoms with van der Waals surface area (Å²) in [5, 5.41) is 0. The van der Waals surface area contributed by atoms with Gasteiger partial charge in [-0.2, -0.15) is 0 Å². The van der Waals surface area contributed by atoms with E-state index < -0.39 is 0 Å². The van der Waals surface area contributed by atoms with Crippen molar-refractivity contribution in [3.8, 4) is 0 Å². The number of hydrogen-bond acceptors (Lipinski definition) is 2. The van der Waals surface area contributed by atoms with Crippen molar-refractivity contribution < 1.29 is 4.74 Å². The van der Waals surface area contributed by atoms with E-state index in [2.05, 4.69) is 20.9 Å². The van der Waals surface area contributed by atoms with Crippen LogP contribution < -0.4 is 0 Å². The first-order valence-corrected chi connectivity index (χ1v) is 3.88. The quantitative estimate of drug-likeness (QED) is 0.647. The summed E-state index contributed by atoms with van der Waals surface area (Å²) < 4.78 is 6.07. The third kappa shape index (κ3) is 1.20. The zero-order valence-corrected chi connectivity index (χ0v) is 6.84. The summed E-state index contributed by atoms with van der Waals surface area (Å²) in [4.78, 5) is 4.17. The minimum absolute atomic E-state index is 0.271. The molecule has 0 amide bonds. The van der Waals surface area contributed by atoms with Crippen LogP contribution in [0.2, 0.25) is 0 Å². The van der Waals surface area contributed by atoms with Crippen LogP contribution in [0.1, 0.15) is 11.8 Å². The molecule has 0 aliphatic carbocycles. The fourth-order valence-corrected chi connectivity index (χ4v) is 1.03. The predicted octanol–water partition coefficient (Wildman–Crippen LogP) is 1.92. The zero-order valence-electron chi connectivity index (χ0n) is 5.25. The minimum atomic E-state index is 0.271. The largest absolute Gasteiger partial charge is 0.366 e. The molecule has 2 rings (SSSR count). The Hall–Kier alpha value is -0.410. The predicted molar refractivity (Wildman–Crippen MR) is 40.6 cm³/mol. The second-order valence-corrected chi connectivity index (χ2v) is 3.14. The SMILES string of the molecule is Brc1ccc([C@@H]2CO2)nc1. The van der Waals surface area contributed by atoms with Gasteiger partial charge in [0.2, 0.25) is 0 Å². The highest BCUT2D eigenvalue weighted by Gasteiger charge is 2.25. The first-order chi connectivity index (χ1) is 4.86. The first-order valence-electron chi connectivity index (χ1n) is 3.09. The van der Waals surface area contributed by atoms with Crippen molar-refractivity contribution in [2.75, 3.05) is 6.61 Å². The molecule has 0 bridgehead atoms. The van der Waals surface area contributed by atoms with Gasteiger partial charge in [0.05, 0.1) is 12.3 Å². The summed E-state index contributed by atoms with van der Waals surface area (Å²) in [6, 6.07) is 3.95. The Labute approximate surface area is 67.4 Å². The highest BCUT2D eigenvalue weighted by molar-refractivity contribution is 9.10. The normalized spacial score (nSPS) is 22.7. The van der Waals surface area contributed by atoms with Gasteiger partial charge in [0.15, 0.2) is 0 Å². The number of halogens is 1. The molecule has 1 saturated heterocycles. The molecule has 0 N–H and O–H groups in total. The monoisotopic (exact) mass is 199 g/mol. The molecule has 1 fully saturated rings. The molecule has 2 heterocycles. The molecule has 1 aromatic rings. The third-order valence-electron chi connectivity index (χ3n) is 1.41. The highest BCUT2D eigenvalue weighted by atomic mass is 79.9. The molecule has 0 saturated carbocycles. The fourth-order valence-electron chi connectivity index (χ4n) is 0.797. The van der Waals surface area contributed by atoms with Crippen LogP contribution in [0.15, 0.2) is 22.8 Å². The molecule has 52 valence electrons. The lowest BCUT2D eigenvalue weighted by atomic mass is 10.3. The minimum Gasteiger partial charge on any atom is -0.366 e. The Bertz CT molecular complexity index is 230. The van der Waals surface area contributed by atoms with E-state index in [1.54, 1.807) is 6.20 Å². The van der Waals surface area contributed by atoms with Crippen molar-refractivity contribution in [2.45, 2.75) is 6.10 Å². The van der Waals surface area contributed by atoms with Crippen LogP contribution in [0.25, 0.3) is 0 Å². The number of rotatable bonds is 1. The van der Waals surface area contributed by atoms with Crippen molar-refractivity contribution in [1.29, 1.82) is 0 Å². The van der Waals surface area contributed by atoms with E-state index in [-0.39, 0.29) is 6.10 Å². The smallest absolute Gasteiger partial charge is 0.123 e. The molecule has 1 aliphatic rings. The van der Waals surface area contributed by atoms with Crippen LogP contribution in [0.4, 0.5) is 0 Å². The molecule has 3 heteroatoms. The summed E-state index contributed by atoms with van der Waals surface area (Å²) in [6.07, 6.45) is 2.06. The number of aromatic nitrogens is 1. The average Bonchev–Trinajstić information content (AvgIpc) is 2.71. The molecule has 0 radical (unpaired) electrons. The van der Waals surface area contributed by atoms with Crippen LogP contribution in [-0.4, -0.2) is 11.6 Å². The van der Waals surface area contributed by atoms with Gasteiger partial charge in [0, 0.05) is 10.7 Å². The third-order valence-corrected chi connectivity index (χ3v) is 1.88. The summed E-state index contributed by atoms with van der Waals surface area (Å²) in [5.74, 6) is 0. The molecule has 0 unspecified atom stereocenters. The summed E-state index contributed by atoms with van der Waals surface area (Å²) in [7, 11) is 0. The first kappa shape index (κ1) is 6.31. The van der Waals surface area contributed by atoms with Crippen LogP contribution in [-0.2, 0) is 4.74 Å². The maximum Gasteiger partial charge on any atom is 0.123 e. The number of ether oxygens (including phenoxy) is 1. The highest BCUT2D eigenvalue weighted by Crippen LogP contribution is 2.28. The average molecular weight is 200 g/mol.